The fraction of sp³-hybridized carbons (Fsp3) is 0.0526. The lowest BCUT2D eigenvalue weighted by Gasteiger charge is -2.23. The van der Waals surface area contributed by atoms with Gasteiger partial charge < -0.3 is 8.83 Å². The molecule has 0 amide bonds. The Kier molecular flexibility index (Phi) is 6.54. The van der Waals surface area contributed by atoms with Crippen molar-refractivity contribution >= 4 is 76.2 Å². The fourth-order valence-corrected chi connectivity index (χ4v) is 10.5. The molecule has 0 N–H and O–H groups in total. The molecule has 1 aliphatic carbocycles. The monoisotopic (exact) mass is 752 g/mol. The van der Waals surface area contributed by atoms with Crippen LogP contribution in [-0.4, -0.2) is 0 Å². The van der Waals surface area contributed by atoms with E-state index in [1.807, 2.05) is 0 Å². The Balaban J connectivity index is 0.951. The lowest BCUT2D eigenvalue weighted by atomic mass is 9.80. The van der Waals surface area contributed by atoms with Crippen molar-refractivity contribution in [2.45, 2.75) is 19.3 Å². The van der Waals surface area contributed by atoms with Gasteiger partial charge in [0.05, 0.1) is 5.39 Å². The Labute approximate surface area is 340 Å². The highest BCUT2D eigenvalue weighted by atomic mass is 16.3. The number of hydrogen-bond donors (Lipinski definition) is 0. The van der Waals surface area contributed by atoms with Gasteiger partial charge in [-0.3, -0.25) is 0 Å². The maximum absolute atomic E-state index is 6.81. The number of hydrogen-bond acceptors (Lipinski definition) is 2. The first-order valence-corrected chi connectivity index (χ1v) is 20.5. The minimum absolute atomic E-state index is 0.166. The summed E-state index contributed by atoms with van der Waals surface area (Å²) in [5.74, 6) is 0. The van der Waals surface area contributed by atoms with Gasteiger partial charge in [-0.1, -0.05) is 153 Å². The van der Waals surface area contributed by atoms with Crippen LogP contribution < -0.4 is 0 Å². The summed E-state index contributed by atoms with van der Waals surface area (Å²) < 4.78 is 13.2. The van der Waals surface area contributed by atoms with Crippen LogP contribution in [0.5, 0.6) is 0 Å². The lowest BCUT2D eigenvalue weighted by Crippen LogP contribution is -2.15. The molecule has 0 unspecified atom stereocenters. The SMILES string of the molecule is CC1(C)c2ccc(-c3ccc4c(c3)oc3c4ccc4oc5ccc6ccccc6c5c43)cc2-c2ccc(-c3c4ccccc4c(-c4ccccc4)c4ccccc34)cc21. The molecule has 10 aromatic carbocycles. The summed E-state index contributed by atoms with van der Waals surface area (Å²) in [5.41, 5.74) is 16.0. The minimum atomic E-state index is -0.166. The van der Waals surface area contributed by atoms with Gasteiger partial charge in [-0.15, -0.1) is 0 Å². The van der Waals surface area contributed by atoms with Gasteiger partial charge in [0.1, 0.15) is 22.3 Å². The van der Waals surface area contributed by atoms with Crippen LogP contribution in [0.2, 0.25) is 0 Å². The zero-order valence-electron chi connectivity index (χ0n) is 32.6. The van der Waals surface area contributed by atoms with E-state index in [1.165, 1.54) is 82.4 Å². The summed E-state index contributed by atoms with van der Waals surface area (Å²) in [4.78, 5) is 0. The van der Waals surface area contributed by atoms with Crippen LogP contribution in [0.15, 0.2) is 191 Å². The molecule has 2 heteroatoms. The van der Waals surface area contributed by atoms with Gasteiger partial charge in [-0.2, -0.15) is 0 Å². The van der Waals surface area contributed by atoms with Crippen molar-refractivity contribution in [2.75, 3.05) is 0 Å². The summed E-state index contributed by atoms with van der Waals surface area (Å²) in [5, 5.41) is 11.8. The van der Waals surface area contributed by atoms with Crippen molar-refractivity contribution in [3.8, 4) is 44.5 Å². The Morgan fingerprint density at radius 3 is 1.69 bits per heavy atom. The van der Waals surface area contributed by atoms with E-state index in [0.717, 1.165) is 49.4 Å². The van der Waals surface area contributed by atoms with Crippen molar-refractivity contribution in [1.82, 2.24) is 0 Å². The first-order chi connectivity index (χ1) is 29.0. The van der Waals surface area contributed by atoms with Crippen LogP contribution in [0.3, 0.4) is 0 Å². The van der Waals surface area contributed by atoms with Gasteiger partial charge in [0.25, 0.3) is 0 Å². The second-order valence-corrected chi connectivity index (χ2v) is 16.7. The van der Waals surface area contributed by atoms with E-state index < -0.39 is 0 Å². The van der Waals surface area contributed by atoms with Crippen molar-refractivity contribution in [1.29, 1.82) is 0 Å². The van der Waals surface area contributed by atoms with Crippen molar-refractivity contribution in [3.63, 3.8) is 0 Å². The van der Waals surface area contributed by atoms with Crippen LogP contribution in [0.4, 0.5) is 0 Å². The quantitative estimate of drug-likeness (QED) is 0.168. The molecule has 59 heavy (non-hydrogen) atoms. The summed E-state index contributed by atoms with van der Waals surface area (Å²) in [6, 6.07) is 66.5. The molecule has 13 rings (SSSR count). The van der Waals surface area contributed by atoms with E-state index in [2.05, 4.69) is 196 Å². The predicted molar refractivity (Wildman–Crippen MR) is 247 cm³/mol. The van der Waals surface area contributed by atoms with Gasteiger partial charge in [-0.25, -0.2) is 0 Å². The van der Waals surface area contributed by atoms with E-state index in [1.54, 1.807) is 0 Å². The summed E-state index contributed by atoms with van der Waals surface area (Å²) >= 11 is 0. The lowest BCUT2D eigenvalue weighted by molar-refractivity contribution is 0.660. The van der Waals surface area contributed by atoms with Gasteiger partial charge in [0.2, 0.25) is 0 Å². The zero-order valence-corrected chi connectivity index (χ0v) is 32.6. The standard InChI is InChI=1S/C57H36O2/c1-57(2)47-27-22-35(36-20-25-40-45-26-29-50-55(56(45)59-51(40)32-36)54-38-15-7-6-12-33(38)23-28-49(54)58-50)30-46(47)39-24-21-37(31-48(39)57)53-43-18-10-8-16-41(43)52(34-13-4-3-5-14-34)42-17-9-11-19-44(42)53/h3-32H,1-2H3. The van der Waals surface area contributed by atoms with Crippen LogP contribution in [0.25, 0.3) is 121 Å². The molecule has 2 aromatic heterocycles. The van der Waals surface area contributed by atoms with E-state index in [0.29, 0.717) is 0 Å². The van der Waals surface area contributed by atoms with E-state index in [9.17, 15) is 0 Å². The number of furan rings is 2. The Bertz CT molecular complexity index is 3690. The van der Waals surface area contributed by atoms with Gasteiger partial charge in [0.15, 0.2) is 0 Å². The van der Waals surface area contributed by atoms with Crippen LogP contribution in [0, 0.1) is 0 Å². The highest BCUT2D eigenvalue weighted by Crippen LogP contribution is 2.52. The van der Waals surface area contributed by atoms with Gasteiger partial charge in [-0.05, 0) is 130 Å². The van der Waals surface area contributed by atoms with Gasteiger partial charge in [0, 0.05) is 21.6 Å². The number of benzene rings is 10. The van der Waals surface area contributed by atoms with Crippen LogP contribution in [0.1, 0.15) is 25.0 Å². The summed E-state index contributed by atoms with van der Waals surface area (Å²) in [6.45, 7) is 4.75. The Morgan fingerprint density at radius 1 is 0.339 bits per heavy atom. The number of rotatable bonds is 3. The second kappa shape index (κ2) is 11.8. The van der Waals surface area contributed by atoms with E-state index in [4.69, 9.17) is 8.83 Å². The van der Waals surface area contributed by atoms with E-state index >= 15 is 0 Å². The Hall–Kier alpha value is -7.42. The largest absolute Gasteiger partial charge is 0.456 e. The van der Waals surface area contributed by atoms with Crippen molar-refractivity contribution in [2.24, 2.45) is 0 Å². The average Bonchev–Trinajstić information content (AvgIpc) is 3.93. The molecule has 0 radical (unpaired) electrons. The fourth-order valence-electron chi connectivity index (χ4n) is 10.5. The third kappa shape index (κ3) is 4.52. The molecule has 0 saturated carbocycles. The molecule has 2 heterocycles. The maximum Gasteiger partial charge on any atom is 0.147 e. The average molecular weight is 753 g/mol. The maximum atomic E-state index is 6.81. The van der Waals surface area contributed by atoms with Crippen LogP contribution >= 0.6 is 0 Å². The first-order valence-electron chi connectivity index (χ1n) is 20.5. The topological polar surface area (TPSA) is 26.3 Å². The minimum Gasteiger partial charge on any atom is -0.456 e. The first kappa shape index (κ1) is 32.6. The van der Waals surface area contributed by atoms with E-state index in [-0.39, 0.29) is 5.41 Å². The molecule has 2 nitrogen and oxygen atoms in total. The predicted octanol–water partition coefficient (Wildman–Crippen LogP) is 16.3. The molecule has 12 aromatic rings. The van der Waals surface area contributed by atoms with Crippen LogP contribution in [-0.2, 0) is 5.41 Å². The smallest absolute Gasteiger partial charge is 0.147 e. The van der Waals surface area contributed by atoms with Gasteiger partial charge >= 0.3 is 0 Å². The third-order valence-electron chi connectivity index (χ3n) is 13.3. The molecule has 0 bridgehead atoms. The molecule has 0 aliphatic heterocycles. The third-order valence-corrected chi connectivity index (χ3v) is 13.3. The summed E-state index contributed by atoms with van der Waals surface area (Å²) in [6.07, 6.45) is 0. The van der Waals surface area contributed by atoms with Crippen molar-refractivity contribution < 1.29 is 8.83 Å². The second-order valence-electron chi connectivity index (χ2n) is 16.7. The summed E-state index contributed by atoms with van der Waals surface area (Å²) in [7, 11) is 0. The Morgan fingerprint density at radius 2 is 0.932 bits per heavy atom. The highest BCUT2D eigenvalue weighted by Gasteiger charge is 2.36. The molecular formula is C57H36O2. The number of fused-ring (bicyclic) bond motifs is 14. The molecule has 0 spiro atoms. The molecule has 0 fully saturated rings. The molecule has 0 saturated heterocycles. The molecular weight excluding hydrogens is 717 g/mol. The molecule has 0 atom stereocenters. The zero-order chi connectivity index (χ0) is 39.0. The molecule has 276 valence electrons. The normalized spacial score (nSPS) is 13.4. The highest BCUT2D eigenvalue weighted by molar-refractivity contribution is 6.28. The molecule has 1 aliphatic rings. The van der Waals surface area contributed by atoms with Crippen molar-refractivity contribution in [3.05, 3.63) is 193 Å².